The first-order valence-electron chi connectivity index (χ1n) is 11.1. The fourth-order valence-electron chi connectivity index (χ4n) is 3.70. The van der Waals surface area contributed by atoms with Crippen molar-refractivity contribution in [2.75, 3.05) is 18.2 Å². The molecule has 0 saturated carbocycles. The van der Waals surface area contributed by atoms with Crippen LogP contribution in [0.15, 0.2) is 66.0 Å². The van der Waals surface area contributed by atoms with E-state index in [0.29, 0.717) is 27.6 Å². The predicted octanol–water partition coefficient (Wildman–Crippen LogP) is 3.90. The Morgan fingerprint density at radius 3 is 2.43 bits per heavy atom. The van der Waals surface area contributed by atoms with Crippen molar-refractivity contribution in [1.29, 1.82) is 0 Å². The van der Waals surface area contributed by atoms with Gasteiger partial charge in [0.2, 0.25) is 18.6 Å². The maximum absolute atomic E-state index is 13.7. The van der Waals surface area contributed by atoms with Crippen LogP contribution in [0.5, 0.6) is 11.5 Å². The molecular weight excluding hydrogens is 466 g/mol. The van der Waals surface area contributed by atoms with Crippen molar-refractivity contribution in [3.63, 3.8) is 0 Å². The van der Waals surface area contributed by atoms with Crippen molar-refractivity contribution in [1.82, 2.24) is 10.6 Å². The Labute approximate surface area is 207 Å². The van der Waals surface area contributed by atoms with Crippen molar-refractivity contribution >= 4 is 34.7 Å². The quantitative estimate of drug-likeness (QED) is 0.521. The Bertz CT molecular complexity index is 1210. The van der Waals surface area contributed by atoms with Gasteiger partial charge in [0, 0.05) is 17.3 Å². The number of hydrogen-bond donors (Lipinski definition) is 2. The zero-order valence-corrected chi connectivity index (χ0v) is 20.6. The number of carbonyl (C=O) groups is 3. The molecule has 1 aliphatic rings. The number of hydrogen-bond acceptors (Lipinski definition) is 6. The van der Waals surface area contributed by atoms with Gasteiger partial charge < -0.3 is 20.1 Å². The summed E-state index contributed by atoms with van der Waals surface area (Å²) in [6, 6.07) is 16.6. The third kappa shape index (κ3) is 5.81. The molecule has 0 spiro atoms. The van der Waals surface area contributed by atoms with Crippen LogP contribution < -0.4 is 25.0 Å². The minimum absolute atomic E-state index is 0.0796. The van der Waals surface area contributed by atoms with E-state index in [2.05, 4.69) is 10.6 Å². The Morgan fingerprint density at radius 2 is 1.74 bits per heavy atom. The van der Waals surface area contributed by atoms with Crippen molar-refractivity contribution in [3.05, 3.63) is 76.5 Å². The van der Waals surface area contributed by atoms with E-state index in [-0.39, 0.29) is 25.2 Å². The van der Waals surface area contributed by atoms with Gasteiger partial charge >= 0.3 is 0 Å². The highest BCUT2D eigenvalue weighted by molar-refractivity contribution is 7.12. The van der Waals surface area contributed by atoms with Crippen molar-refractivity contribution in [2.45, 2.75) is 32.4 Å². The molecule has 2 aromatic carbocycles. The van der Waals surface area contributed by atoms with Crippen LogP contribution in [0.25, 0.3) is 0 Å². The summed E-state index contributed by atoms with van der Waals surface area (Å²) in [4.78, 5) is 41.6. The molecule has 182 valence electrons. The molecule has 0 bridgehead atoms. The second-order valence-electron chi connectivity index (χ2n) is 9.01. The third-order valence-electron chi connectivity index (χ3n) is 5.17. The summed E-state index contributed by atoms with van der Waals surface area (Å²) in [5.41, 5.74) is 0.550. The first-order valence-corrected chi connectivity index (χ1v) is 12.0. The maximum Gasteiger partial charge on any atom is 0.261 e. The summed E-state index contributed by atoms with van der Waals surface area (Å²) >= 11 is 1.28. The standard InChI is InChI=1S/C26H27N3O5S/c1-26(2,3)28-25(32)23(17-8-5-4-6-9-17)29(18-11-12-19-20(14-18)34-16-33-19)22(30)15-27-24(31)21-10-7-13-35-21/h4-14,23H,15-16H2,1-3H3,(H,27,31)(H,28,32)/t23-/m0/s1. The summed E-state index contributed by atoms with van der Waals surface area (Å²) in [6.07, 6.45) is 0. The van der Waals surface area contributed by atoms with E-state index in [1.807, 2.05) is 39.0 Å². The molecule has 0 unspecified atom stereocenters. The largest absolute Gasteiger partial charge is 0.454 e. The molecule has 0 fully saturated rings. The molecule has 1 atom stereocenters. The first-order chi connectivity index (χ1) is 16.7. The predicted molar refractivity (Wildman–Crippen MR) is 134 cm³/mol. The van der Waals surface area contributed by atoms with E-state index >= 15 is 0 Å². The molecule has 2 N–H and O–H groups in total. The average molecular weight is 494 g/mol. The molecule has 8 nitrogen and oxygen atoms in total. The number of benzene rings is 2. The Hall–Kier alpha value is -3.85. The number of anilines is 1. The smallest absolute Gasteiger partial charge is 0.261 e. The molecule has 4 rings (SSSR count). The molecule has 2 heterocycles. The molecule has 35 heavy (non-hydrogen) atoms. The number of rotatable bonds is 7. The van der Waals surface area contributed by atoms with Crippen molar-refractivity contribution < 1.29 is 23.9 Å². The van der Waals surface area contributed by atoms with Gasteiger partial charge in [-0.25, -0.2) is 0 Å². The zero-order chi connectivity index (χ0) is 25.0. The molecule has 3 aromatic rings. The fourth-order valence-corrected chi connectivity index (χ4v) is 4.34. The minimum atomic E-state index is -0.984. The van der Waals surface area contributed by atoms with Crippen LogP contribution in [-0.2, 0) is 9.59 Å². The van der Waals surface area contributed by atoms with E-state index in [1.54, 1.807) is 47.8 Å². The molecule has 0 saturated heterocycles. The number of ether oxygens (including phenoxy) is 2. The summed E-state index contributed by atoms with van der Waals surface area (Å²) < 4.78 is 10.9. The summed E-state index contributed by atoms with van der Waals surface area (Å²) in [5.74, 6) is -0.117. The van der Waals surface area contributed by atoms with Gasteiger partial charge in [0.1, 0.15) is 6.04 Å². The highest BCUT2D eigenvalue weighted by atomic mass is 32.1. The van der Waals surface area contributed by atoms with Crippen LogP contribution in [0.4, 0.5) is 5.69 Å². The average Bonchev–Trinajstić information content (AvgIpc) is 3.52. The van der Waals surface area contributed by atoms with Gasteiger partial charge in [0.05, 0.1) is 11.4 Å². The Morgan fingerprint density at radius 1 is 1.00 bits per heavy atom. The van der Waals surface area contributed by atoms with Crippen LogP contribution in [0.1, 0.15) is 42.0 Å². The lowest BCUT2D eigenvalue weighted by Crippen LogP contribution is -2.51. The van der Waals surface area contributed by atoms with E-state index in [4.69, 9.17) is 9.47 Å². The molecule has 9 heteroatoms. The van der Waals surface area contributed by atoms with Gasteiger partial charge in [-0.05, 0) is 49.9 Å². The second kappa shape index (κ2) is 10.2. The van der Waals surface area contributed by atoms with Crippen molar-refractivity contribution in [2.24, 2.45) is 0 Å². The van der Waals surface area contributed by atoms with Gasteiger partial charge in [-0.1, -0.05) is 36.4 Å². The number of thiophene rings is 1. The first kappa shape index (κ1) is 24.3. The summed E-state index contributed by atoms with van der Waals surface area (Å²) in [6.45, 7) is 5.41. The normalized spacial score (nSPS) is 13.1. The minimum Gasteiger partial charge on any atom is -0.454 e. The molecule has 3 amide bonds. The zero-order valence-electron chi connectivity index (χ0n) is 19.7. The van der Waals surface area contributed by atoms with Crippen LogP contribution in [-0.4, -0.2) is 36.6 Å². The lowest BCUT2D eigenvalue weighted by molar-refractivity contribution is -0.127. The fraction of sp³-hybridized carbons (Fsp3) is 0.269. The van der Waals surface area contributed by atoms with E-state index in [0.717, 1.165) is 0 Å². The summed E-state index contributed by atoms with van der Waals surface area (Å²) in [7, 11) is 0. The number of carbonyl (C=O) groups excluding carboxylic acids is 3. The van der Waals surface area contributed by atoms with Crippen LogP contribution in [0.2, 0.25) is 0 Å². The number of nitrogens with zero attached hydrogens (tertiary/aromatic N) is 1. The van der Waals surface area contributed by atoms with Gasteiger partial charge in [0.15, 0.2) is 11.5 Å². The van der Waals surface area contributed by atoms with Crippen LogP contribution in [0, 0.1) is 0 Å². The molecule has 0 aliphatic carbocycles. The van der Waals surface area contributed by atoms with Gasteiger partial charge in [-0.2, -0.15) is 0 Å². The highest BCUT2D eigenvalue weighted by Crippen LogP contribution is 2.38. The van der Waals surface area contributed by atoms with Crippen LogP contribution >= 0.6 is 11.3 Å². The topological polar surface area (TPSA) is 97.0 Å². The lowest BCUT2D eigenvalue weighted by Gasteiger charge is -2.34. The van der Waals surface area contributed by atoms with Gasteiger partial charge in [-0.15, -0.1) is 11.3 Å². The summed E-state index contributed by atoms with van der Waals surface area (Å²) in [5, 5.41) is 7.45. The van der Waals surface area contributed by atoms with E-state index in [1.165, 1.54) is 16.2 Å². The maximum atomic E-state index is 13.7. The van der Waals surface area contributed by atoms with E-state index in [9.17, 15) is 14.4 Å². The third-order valence-corrected chi connectivity index (χ3v) is 6.04. The molecule has 1 aliphatic heterocycles. The second-order valence-corrected chi connectivity index (χ2v) is 9.96. The van der Waals surface area contributed by atoms with Gasteiger partial charge in [-0.3, -0.25) is 19.3 Å². The lowest BCUT2D eigenvalue weighted by atomic mass is 10.0. The molecular formula is C26H27N3O5S. The monoisotopic (exact) mass is 493 g/mol. The number of nitrogens with one attached hydrogen (secondary N) is 2. The molecule has 1 aromatic heterocycles. The molecule has 0 radical (unpaired) electrons. The Kier molecular flexibility index (Phi) is 7.07. The highest BCUT2D eigenvalue weighted by Gasteiger charge is 2.35. The Balaban J connectivity index is 1.72. The van der Waals surface area contributed by atoms with Crippen molar-refractivity contribution in [3.8, 4) is 11.5 Å². The number of fused-ring (bicyclic) bond motifs is 1. The van der Waals surface area contributed by atoms with Gasteiger partial charge in [0.25, 0.3) is 5.91 Å². The van der Waals surface area contributed by atoms with E-state index < -0.39 is 17.5 Å². The SMILES string of the molecule is CC(C)(C)NC(=O)[C@H](c1ccccc1)N(C(=O)CNC(=O)c1cccs1)c1ccc2c(c1)OCO2. The number of amides is 3. The van der Waals surface area contributed by atoms with Crippen LogP contribution in [0.3, 0.4) is 0 Å².